The van der Waals surface area contributed by atoms with Gasteiger partial charge in [0, 0.05) is 0 Å². The van der Waals surface area contributed by atoms with Crippen molar-refractivity contribution in [1.82, 2.24) is 4.72 Å². The molecule has 2 aromatic rings. The Bertz CT molecular complexity index is 928. The summed E-state index contributed by atoms with van der Waals surface area (Å²) in [6.45, 7) is 0.963. The molecule has 0 aromatic heterocycles. The monoisotopic (exact) mass is 406 g/mol. The summed E-state index contributed by atoms with van der Waals surface area (Å²) in [5.41, 5.74) is 0.530. The van der Waals surface area contributed by atoms with Crippen LogP contribution in [0.2, 0.25) is 0 Å². The molecule has 0 aliphatic rings. The van der Waals surface area contributed by atoms with Crippen LogP contribution < -0.4 is 14.8 Å². The lowest BCUT2D eigenvalue weighted by Gasteiger charge is -2.11. The summed E-state index contributed by atoms with van der Waals surface area (Å²) in [4.78, 5) is 11.4. The van der Waals surface area contributed by atoms with Crippen molar-refractivity contribution in [2.45, 2.75) is 18.2 Å². The van der Waals surface area contributed by atoms with E-state index in [4.69, 9.17) is 0 Å². The lowest BCUT2D eigenvalue weighted by molar-refractivity contribution is -0.274. The Morgan fingerprint density at radius 1 is 1.11 bits per heavy atom. The minimum atomic E-state index is -4.90. The number of amides is 1. The maximum Gasteiger partial charge on any atom is 0.573 e. The van der Waals surface area contributed by atoms with Gasteiger partial charge >= 0.3 is 6.36 Å². The van der Waals surface area contributed by atoms with Gasteiger partial charge in [0.25, 0.3) is 0 Å². The van der Waals surface area contributed by atoms with Crippen molar-refractivity contribution in [3.05, 3.63) is 53.8 Å². The summed E-state index contributed by atoms with van der Waals surface area (Å²) in [7, 11) is -4.17. The van der Waals surface area contributed by atoms with Crippen LogP contribution in [0, 0.1) is 12.7 Å². The van der Waals surface area contributed by atoms with Crippen LogP contribution in [0.15, 0.2) is 47.4 Å². The highest BCUT2D eigenvalue weighted by Gasteiger charge is 2.31. The Kier molecular flexibility index (Phi) is 6.06. The number of hydrogen-bond acceptors (Lipinski definition) is 4. The fraction of sp³-hybridized carbons (Fsp3) is 0.188. The first-order chi connectivity index (χ1) is 12.5. The number of carbonyl (C=O) groups excluding carboxylic acids is 1. The number of aryl methyl sites for hydroxylation is 1. The summed E-state index contributed by atoms with van der Waals surface area (Å²) in [5.74, 6) is -2.08. The largest absolute Gasteiger partial charge is 0.573 e. The maximum atomic E-state index is 13.7. The van der Waals surface area contributed by atoms with Crippen molar-refractivity contribution >= 4 is 21.6 Å². The molecule has 27 heavy (non-hydrogen) atoms. The van der Waals surface area contributed by atoms with Gasteiger partial charge in [0.05, 0.1) is 17.1 Å². The van der Waals surface area contributed by atoms with Crippen molar-refractivity contribution in [3.8, 4) is 5.75 Å². The average molecular weight is 406 g/mol. The van der Waals surface area contributed by atoms with Gasteiger partial charge in [0.2, 0.25) is 15.9 Å². The molecule has 146 valence electrons. The second-order valence-corrected chi connectivity index (χ2v) is 7.14. The Morgan fingerprint density at radius 2 is 1.74 bits per heavy atom. The SMILES string of the molecule is Cc1ccc(NC(=O)CNS(=O)(=O)c2ccc(OC(F)(F)F)cc2)c(F)c1. The lowest BCUT2D eigenvalue weighted by Crippen LogP contribution is -2.33. The third-order valence-electron chi connectivity index (χ3n) is 3.19. The van der Waals surface area contributed by atoms with Crippen LogP contribution in [0.25, 0.3) is 0 Å². The molecule has 0 atom stereocenters. The first-order valence-electron chi connectivity index (χ1n) is 7.38. The molecule has 0 saturated carbocycles. The van der Waals surface area contributed by atoms with Crippen molar-refractivity contribution < 1.29 is 35.5 Å². The minimum Gasteiger partial charge on any atom is -0.406 e. The number of ether oxygens (including phenoxy) is 1. The highest BCUT2D eigenvalue weighted by molar-refractivity contribution is 7.89. The summed E-state index contributed by atoms with van der Waals surface area (Å²) >= 11 is 0. The zero-order chi connectivity index (χ0) is 20.2. The van der Waals surface area contributed by atoms with Crippen molar-refractivity contribution in [2.75, 3.05) is 11.9 Å². The topological polar surface area (TPSA) is 84.5 Å². The van der Waals surface area contributed by atoms with Gasteiger partial charge in [-0.25, -0.2) is 17.5 Å². The number of anilines is 1. The zero-order valence-corrected chi connectivity index (χ0v) is 14.6. The van der Waals surface area contributed by atoms with E-state index in [0.717, 1.165) is 24.3 Å². The smallest absolute Gasteiger partial charge is 0.406 e. The summed E-state index contributed by atoms with van der Waals surface area (Å²) in [5, 5.41) is 2.21. The fourth-order valence-electron chi connectivity index (χ4n) is 1.98. The summed E-state index contributed by atoms with van der Waals surface area (Å²) < 4.78 is 79.7. The summed E-state index contributed by atoms with van der Waals surface area (Å²) in [6.07, 6.45) is -4.90. The molecule has 0 aliphatic heterocycles. The molecule has 0 bridgehead atoms. The first kappa shape index (κ1) is 20.6. The normalized spacial score (nSPS) is 11.9. The molecule has 2 N–H and O–H groups in total. The molecule has 0 fully saturated rings. The molecule has 0 radical (unpaired) electrons. The van der Waals surface area contributed by atoms with E-state index in [0.29, 0.717) is 5.56 Å². The number of hydrogen-bond donors (Lipinski definition) is 2. The van der Waals surface area contributed by atoms with E-state index < -0.39 is 40.4 Å². The second-order valence-electron chi connectivity index (χ2n) is 5.38. The van der Waals surface area contributed by atoms with E-state index in [2.05, 4.69) is 10.1 Å². The number of carbonyl (C=O) groups is 1. The molecule has 1 amide bonds. The second kappa shape index (κ2) is 7.92. The molecule has 11 heteroatoms. The Hall–Kier alpha value is -2.66. The van der Waals surface area contributed by atoms with Gasteiger partial charge in [-0.1, -0.05) is 6.07 Å². The van der Waals surface area contributed by atoms with Gasteiger partial charge in [-0.15, -0.1) is 13.2 Å². The zero-order valence-electron chi connectivity index (χ0n) is 13.8. The molecule has 0 aliphatic carbocycles. The molecular weight excluding hydrogens is 392 g/mol. The number of sulfonamides is 1. The van der Waals surface area contributed by atoms with E-state index in [9.17, 15) is 30.8 Å². The molecule has 0 saturated heterocycles. The van der Waals surface area contributed by atoms with Gasteiger partial charge in [-0.3, -0.25) is 4.79 Å². The maximum absolute atomic E-state index is 13.7. The van der Waals surface area contributed by atoms with Crippen LogP contribution in [-0.2, 0) is 14.8 Å². The predicted octanol–water partition coefficient (Wildman–Crippen LogP) is 2.95. The summed E-state index contributed by atoms with van der Waals surface area (Å²) in [6, 6.07) is 7.52. The highest BCUT2D eigenvalue weighted by Crippen LogP contribution is 2.23. The molecule has 2 aromatic carbocycles. The number of nitrogens with one attached hydrogen (secondary N) is 2. The molecule has 0 unspecified atom stereocenters. The van der Waals surface area contributed by atoms with Gasteiger partial charge in [0.15, 0.2) is 0 Å². The Labute approximate surface area is 152 Å². The number of benzene rings is 2. The van der Waals surface area contributed by atoms with E-state index in [1.165, 1.54) is 12.1 Å². The van der Waals surface area contributed by atoms with Gasteiger partial charge < -0.3 is 10.1 Å². The standard InChI is InChI=1S/C16H14F4N2O4S/c1-10-2-7-14(13(17)8-10)22-15(23)9-21-27(24,25)12-5-3-11(4-6-12)26-16(18,19)20/h2-8,21H,9H2,1H3,(H,22,23). The molecular formula is C16H14F4N2O4S. The van der Waals surface area contributed by atoms with Crippen LogP contribution >= 0.6 is 0 Å². The van der Waals surface area contributed by atoms with Gasteiger partial charge in [-0.05, 0) is 48.9 Å². The van der Waals surface area contributed by atoms with Gasteiger partial charge in [-0.2, -0.15) is 0 Å². The van der Waals surface area contributed by atoms with E-state index in [1.807, 2.05) is 4.72 Å². The van der Waals surface area contributed by atoms with Crippen LogP contribution in [0.4, 0.5) is 23.2 Å². The highest BCUT2D eigenvalue weighted by atomic mass is 32.2. The predicted molar refractivity (Wildman–Crippen MR) is 88.1 cm³/mol. The number of rotatable bonds is 6. The fourth-order valence-corrected chi connectivity index (χ4v) is 2.96. The van der Waals surface area contributed by atoms with Crippen LogP contribution in [0.3, 0.4) is 0 Å². The molecule has 2 rings (SSSR count). The van der Waals surface area contributed by atoms with Crippen LogP contribution in [-0.4, -0.2) is 27.2 Å². The van der Waals surface area contributed by atoms with E-state index >= 15 is 0 Å². The number of alkyl halides is 3. The number of halogens is 4. The van der Waals surface area contributed by atoms with Crippen LogP contribution in [0.5, 0.6) is 5.75 Å². The lowest BCUT2D eigenvalue weighted by atomic mass is 10.2. The molecule has 0 spiro atoms. The molecule has 0 heterocycles. The quantitative estimate of drug-likeness (QED) is 0.723. The Balaban J connectivity index is 1.98. The van der Waals surface area contributed by atoms with Gasteiger partial charge in [0.1, 0.15) is 11.6 Å². The third-order valence-corrected chi connectivity index (χ3v) is 4.61. The molecule has 6 nitrogen and oxygen atoms in total. The van der Waals surface area contributed by atoms with Crippen molar-refractivity contribution in [2.24, 2.45) is 0 Å². The van der Waals surface area contributed by atoms with Crippen LogP contribution in [0.1, 0.15) is 5.56 Å². The Morgan fingerprint density at radius 3 is 2.30 bits per heavy atom. The minimum absolute atomic E-state index is 0.113. The van der Waals surface area contributed by atoms with E-state index in [-0.39, 0.29) is 10.6 Å². The average Bonchev–Trinajstić information content (AvgIpc) is 2.55. The first-order valence-corrected chi connectivity index (χ1v) is 8.86. The third kappa shape index (κ3) is 6.22. The van der Waals surface area contributed by atoms with E-state index in [1.54, 1.807) is 13.0 Å². The van der Waals surface area contributed by atoms with Crippen molar-refractivity contribution in [1.29, 1.82) is 0 Å². The van der Waals surface area contributed by atoms with Crippen molar-refractivity contribution in [3.63, 3.8) is 0 Å².